The summed E-state index contributed by atoms with van der Waals surface area (Å²) in [7, 11) is 0. The molecule has 3 rings (SSSR count). The summed E-state index contributed by atoms with van der Waals surface area (Å²) in [5.41, 5.74) is 2.54. The smallest absolute Gasteiger partial charge is 0.0712 e. The lowest BCUT2D eigenvalue weighted by Crippen LogP contribution is -2.39. The highest BCUT2D eigenvalue weighted by molar-refractivity contribution is 5.82. The lowest BCUT2D eigenvalue weighted by molar-refractivity contribution is 0.0238. The van der Waals surface area contributed by atoms with Gasteiger partial charge in [0.1, 0.15) is 0 Å². The fraction of sp³-hybridized carbons (Fsp3) is 0.467. The van der Waals surface area contributed by atoms with Crippen LogP contribution in [0.15, 0.2) is 30.5 Å². The molecular formula is C15H21N3O. The van der Waals surface area contributed by atoms with E-state index < -0.39 is 0 Å². The molecule has 0 bridgehead atoms. The molecule has 4 heteroatoms. The minimum Gasteiger partial charge on any atom is -0.376 e. The summed E-state index contributed by atoms with van der Waals surface area (Å²) in [6.45, 7) is 4.71. The van der Waals surface area contributed by atoms with Crippen LogP contribution in [-0.2, 0) is 11.3 Å². The molecule has 0 spiro atoms. The molecule has 1 fully saturated rings. The Hall–Kier alpha value is -1.36. The van der Waals surface area contributed by atoms with E-state index in [1.165, 1.54) is 16.5 Å². The fourth-order valence-electron chi connectivity index (χ4n) is 2.57. The van der Waals surface area contributed by atoms with Gasteiger partial charge in [-0.05, 0) is 24.6 Å². The number of aromatic amines is 1. The lowest BCUT2D eigenvalue weighted by atomic mass is 10.1. The average Bonchev–Trinajstić information content (AvgIpc) is 2.88. The number of H-pyrrole nitrogens is 1. The van der Waals surface area contributed by atoms with Gasteiger partial charge >= 0.3 is 0 Å². The van der Waals surface area contributed by atoms with E-state index in [1.54, 1.807) is 0 Å². The van der Waals surface area contributed by atoms with Crippen LogP contribution in [0.1, 0.15) is 12.0 Å². The van der Waals surface area contributed by atoms with Crippen LogP contribution in [0.25, 0.3) is 10.9 Å². The van der Waals surface area contributed by atoms with E-state index >= 15 is 0 Å². The lowest BCUT2D eigenvalue weighted by Gasteiger charge is -2.23. The van der Waals surface area contributed by atoms with Crippen molar-refractivity contribution in [2.45, 2.75) is 19.1 Å². The molecule has 2 heterocycles. The van der Waals surface area contributed by atoms with Gasteiger partial charge in [-0.25, -0.2) is 0 Å². The Morgan fingerprint density at radius 3 is 3.16 bits per heavy atom. The molecule has 2 aromatic rings. The summed E-state index contributed by atoms with van der Waals surface area (Å²) in [5.74, 6) is 0. The standard InChI is InChI=1S/C15H21N3O/c1-2-4-15-14(3-1)12(10-18-15)9-16-6-5-13-11-17-7-8-19-13/h1-4,10,13,16-18H,5-9,11H2. The summed E-state index contributed by atoms with van der Waals surface area (Å²) >= 11 is 0. The van der Waals surface area contributed by atoms with E-state index in [-0.39, 0.29) is 0 Å². The summed E-state index contributed by atoms with van der Waals surface area (Å²) in [6.07, 6.45) is 3.52. The van der Waals surface area contributed by atoms with Crippen molar-refractivity contribution in [2.24, 2.45) is 0 Å². The van der Waals surface area contributed by atoms with Crippen LogP contribution in [0, 0.1) is 0 Å². The fourth-order valence-corrected chi connectivity index (χ4v) is 2.57. The van der Waals surface area contributed by atoms with Gasteiger partial charge in [0.05, 0.1) is 12.7 Å². The SMILES string of the molecule is c1ccc2c(CNCCC3CNCCO3)c[nH]c2c1. The van der Waals surface area contributed by atoms with Crippen molar-refractivity contribution in [3.63, 3.8) is 0 Å². The van der Waals surface area contributed by atoms with E-state index in [1.807, 2.05) is 0 Å². The molecule has 1 saturated heterocycles. The number of rotatable bonds is 5. The van der Waals surface area contributed by atoms with Gasteiger partial charge in [-0.3, -0.25) is 0 Å². The van der Waals surface area contributed by atoms with Crippen molar-refractivity contribution in [1.29, 1.82) is 0 Å². The maximum absolute atomic E-state index is 5.68. The number of aromatic nitrogens is 1. The zero-order valence-corrected chi connectivity index (χ0v) is 11.1. The summed E-state index contributed by atoms with van der Waals surface area (Å²) in [5, 5.41) is 8.17. The number of morpholine rings is 1. The first kappa shape index (κ1) is 12.7. The second-order valence-electron chi connectivity index (χ2n) is 5.02. The van der Waals surface area contributed by atoms with Crippen molar-refractivity contribution < 1.29 is 4.74 Å². The highest BCUT2D eigenvalue weighted by atomic mass is 16.5. The number of fused-ring (bicyclic) bond motifs is 1. The molecule has 1 aliphatic rings. The molecule has 4 nitrogen and oxygen atoms in total. The van der Waals surface area contributed by atoms with Crippen LogP contribution >= 0.6 is 0 Å². The Balaban J connectivity index is 1.47. The quantitative estimate of drug-likeness (QED) is 0.715. The Morgan fingerprint density at radius 2 is 2.26 bits per heavy atom. The number of ether oxygens (including phenoxy) is 1. The van der Waals surface area contributed by atoms with Gasteiger partial charge in [0.15, 0.2) is 0 Å². The highest BCUT2D eigenvalue weighted by Crippen LogP contribution is 2.17. The van der Waals surface area contributed by atoms with Gasteiger partial charge in [0.25, 0.3) is 0 Å². The molecule has 1 aromatic heterocycles. The Bertz CT molecular complexity index is 517. The van der Waals surface area contributed by atoms with Crippen LogP contribution in [0.4, 0.5) is 0 Å². The highest BCUT2D eigenvalue weighted by Gasteiger charge is 2.12. The second kappa shape index (κ2) is 6.19. The molecule has 3 N–H and O–H groups in total. The van der Waals surface area contributed by atoms with E-state index in [2.05, 4.69) is 46.1 Å². The molecule has 0 aliphatic carbocycles. The zero-order valence-electron chi connectivity index (χ0n) is 11.1. The van der Waals surface area contributed by atoms with Crippen molar-refractivity contribution >= 4 is 10.9 Å². The summed E-state index contributed by atoms with van der Waals surface area (Å²) in [4.78, 5) is 3.30. The molecule has 0 saturated carbocycles. The molecule has 1 unspecified atom stereocenters. The number of nitrogens with one attached hydrogen (secondary N) is 3. The van der Waals surface area contributed by atoms with E-state index in [9.17, 15) is 0 Å². The number of hydrogen-bond acceptors (Lipinski definition) is 3. The van der Waals surface area contributed by atoms with Gasteiger partial charge in [-0.2, -0.15) is 0 Å². The zero-order chi connectivity index (χ0) is 12.9. The third kappa shape index (κ3) is 3.15. The molecule has 1 aromatic carbocycles. The van der Waals surface area contributed by atoms with E-state index in [0.29, 0.717) is 6.10 Å². The topological polar surface area (TPSA) is 49.1 Å². The van der Waals surface area contributed by atoms with Gasteiger partial charge in [-0.1, -0.05) is 18.2 Å². The minimum absolute atomic E-state index is 0.365. The summed E-state index contributed by atoms with van der Waals surface area (Å²) in [6, 6.07) is 8.42. The van der Waals surface area contributed by atoms with E-state index in [4.69, 9.17) is 4.74 Å². The van der Waals surface area contributed by atoms with Crippen LogP contribution in [0.2, 0.25) is 0 Å². The molecule has 0 radical (unpaired) electrons. The molecule has 1 atom stereocenters. The Morgan fingerprint density at radius 1 is 1.32 bits per heavy atom. The number of benzene rings is 1. The van der Waals surface area contributed by atoms with Crippen molar-refractivity contribution in [3.8, 4) is 0 Å². The molecule has 19 heavy (non-hydrogen) atoms. The molecular weight excluding hydrogens is 238 g/mol. The Kier molecular flexibility index (Phi) is 4.13. The molecule has 1 aliphatic heterocycles. The number of para-hydroxylation sites is 1. The monoisotopic (exact) mass is 259 g/mol. The minimum atomic E-state index is 0.365. The maximum atomic E-state index is 5.68. The van der Waals surface area contributed by atoms with Crippen LogP contribution in [0.5, 0.6) is 0 Å². The van der Waals surface area contributed by atoms with Crippen molar-refractivity contribution in [1.82, 2.24) is 15.6 Å². The third-order valence-electron chi connectivity index (χ3n) is 3.64. The van der Waals surface area contributed by atoms with Crippen molar-refractivity contribution in [2.75, 3.05) is 26.2 Å². The first-order chi connectivity index (χ1) is 9.43. The molecule has 102 valence electrons. The van der Waals surface area contributed by atoms with Crippen molar-refractivity contribution in [3.05, 3.63) is 36.0 Å². The first-order valence-corrected chi connectivity index (χ1v) is 7.01. The second-order valence-corrected chi connectivity index (χ2v) is 5.02. The van der Waals surface area contributed by atoms with E-state index in [0.717, 1.165) is 39.2 Å². The maximum Gasteiger partial charge on any atom is 0.0712 e. The van der Waals surface area contributed by atoms with Gasteiger partial charge in [-0.15, -0.1) is 0 Å². The van der Waals surface area contributed by atoms with Crippen LogP contribution in [0.3, 0.4) is 0 Å². The molecule has 0 amide bonds. The predicted molar refractivity (Wildman–Crippen MR) is 77.2 cm³/mol. The first-order valence-electron chi connectivity index (χ1n) is 7.01. The number of hydrogen-bond donors (Lipinski definition) is 3. The third-order valence-corrected chi connectivity index (χ3v) is 3.64. The van der Waals surface area contributed by atoms with Gasteiger partial charge in [0.2, 0.25) is 0 Å². The van der Waals surface area contributed by atoms with Crippen LogP contribution in [-0.4, -0.2) is 37.3 Å². The average molecular weight is 259 g/mol. The largest absolute Gasteiger partial charge is 0.376 e. The van der Waals surface area contributed by atoms with Crippen LogP contribution < -0.4 is 10.6 Å². The Labute approximate surface area is 113 Å². The summed E-state index contributed by atoms with van der Waals surface area (Å²) < 4.78 is 5.68. The predicted octanol–water partition coefficient (Wildman–Crippen LogP) is 1.64. The van der Waals surface area contributed by atoms with Gasteiger partial charge in [0, 0.05) is 36.7 Å². The van der Waals surface area contributed by atoms with Gasteiger partial charge < -0.3 is 20.4 Å². The normalized spacial score (nSPS) is 19.9.